The fourth-order valence-corrected chi connectivity index (χ4v) is 7.40. The Labute approximate surface area is 245 Å². The van der Waals surface area contributed by atoms with Crippen LogP contribution < -0.4 is 16.0 Å². The van der Waals surface area contributed by atoms with Crippen molar-refractivity contribution in [2.24, 2.45) is 0 Å². The van der Waals surface area contributed by atoms with E-state index in [2.05, 4.69) is 4.98 Å². The van der Waals surface area contributed by atoms with Gasteiger partial charge in [-0.25, -0.2) is 18.7 Å². The van der Waals surface area contributed by atoms with E-state index in [9.17, 15) is 18.8 Å². The molecule has 12 heteroatoms. The van der Waals surface area contributed by atoms with Crippen LogP contribution in [0, 0.1) is 12.7 Å². The summed E-state index contributed by atoms with van der Waals surface area (Å²) in [5.41, 5.74) is -0.0657. The number of halogens is 1. The van der Waals surface area contributed by atoms with Gasteiger partial charge in [-0.3, -0.25) is 14.2 Å². The lowest BCUT2D eigenvalue weighted by Crippen LogP contribution is -2.45. The van der Waals surface area contributed by atoms with Crippen molar-refractivity contribution in [1.29, 1.82) is 0 Å². The Kier molecular flexibility index (Phi) is 7.75. The maximum Gasteiger partial charge on any atom is 0.332 e. The zero-order valence-electron chi connectivity index (χ0n) is 23.8. The molecule has 1 aliphatic heterocycles. The number of hydrogen-bond donors (Lipinski definition) is 0. The number of methoxy groups -OCH3 is 1. The first kappa shape index (κ1) is 28.4. The van der Waals surface area contributed by atoms with Gasteiger partial charge >= 0.3 is 5.69 Å². The Morgan fingerprint density at radius 2 is 1.95 bits per heavy atom. The monoisotopic (exact) mass is 596 g/mol. The number of thiophene rings is 1. The van der Waals surface area contributed by atoms with E-state index in [-0.39, 0.29) is 18.6 Å². The Hall–Kier alpha value is -3.77. The van der Waals surface area contributed by atoms with Crippen molar-refractivity contribution in [3.8, 4) is 16.5 Å². The Bertz CT molecular complexity index is 1740. The van der Waals surface area contributed by atoms with Gasteiger partial charge in [0.15, 0.2) is 0 Å². The van der Waals surface area contributed by atoms with Crippen LogP contribution in [0.15, 0.2) is 44.7 Å². The van der Waals surface area contributed by atoms with E-state index in [4.69, 9.17) is 13.9 Å². The molecule has 6 rings (SSSR count). The summed E-state index contributed by atoms with van der Waals surface area (Å²) in [6.07, 6.45) is 7.34. The smallest absolute Gasteiger partial charge is 0.332 e. The van der Waals surface area contributed by atoms with Gasteiger partial charge in [0.05, 0.1) is 36.2 Å². The van der Waals surface area contributed by atoms with Gasteiger partial charge in [0, 0.05) is 19.2 Å². The minimum absolute atomic E-state index is 0.0202. The molecule has 2 fully saturated rings. The van der Waals surface area contributed by atoms with Gasteiger partial charge in [-0.1, -0.05) is 19.3 Å². The average Bonchev–Trinajstić information content (AvgIpc) is 3.72. The summed E-state index contributed by atoms with van der Waals surface area (Å²) in [5, 5.41) is 0.317. The molecule has 42 heavy (non-hydrogen) atoms. The van der Waals surface area contributed by atoms with E-state index < -0.39 is 29.2 Å². The summed E-state index contributed by atoms with van der Waals surface area (Å²) in [6.45, 7) is 2.20. The third-order valence-electron chi connectivity index (χ3n) is 8.38. The molecule has 1 unspecified atom stereocenters. The number of likely N-dealkylation sites (tertiary alicyclic amines) is 1. The molecular formula is C30H33FN4O6S. The van der Waals surface area contributed by atoms with Crippen LogP contribution in [-0.2, 0) is 16.1 Å². The number of carbonyl (C=O) groups is 1. The van der Waals surface area contributed by atoms with E-state index in [1.54, 1.807) is 20.0 Å². The Morgan fingerprint density at radius 3 is 2.62 bits per heavy atom. The third kappa shape index (κ3) is 4.96. The second kappa shape index (κ2) is 11.5. The summed E-state index contributed by atoms with van der Waals surface area (Å²) in [6, 6.07) is 3.32. The number of benzene rings is 1. The normalized spacial score (nSPS) is 18.7. The molecule has 1 aromatic carbocycles. The van der Waals surface area contributed by atoms with Crippen LogP contribution in [0.25, 0.3) is 21.0 Å². The molecule has 4 heterocycles. The molecule has 1 saturated heterocycles. The lowest BCUT2D eigenvalue weighted by Gasteiger charge is -2.29. The molecule has 10 nitrogen and oxygen atoms in total. The predicted molar refractivity (Wildman–Crippen MR) is 156 cm³/mol. The molecule has 1 amide bonds. The second-order valence-electron chi connectivity index (χ2n) is 11.0. The van der Waals surface area contributed by atoms with Crippen molar-refractivity contribution < 1.29 is 23.1 Å². The number of rotatable bonds is 8. The highest BCUT2D eigenvalue weighted by Crippen LogP contribution is 2.38. The number of amides is 1. The average molecular weight is 597 g/mol. The van der Waals surface area contributed by atoms with Gasteiger partial charge in [0.2, 0.25) is 11.8 Å². The van der Waals surface area contributed by atoms with Gasteiger partial charge in [0.25, 0.3) is 5.56 Å². The number of fused-ring (bicyclic) bond motifs is 1. The minimum Gasteiger partial charge on any atom is -0.496 e. The van der Waals surface area contributed by atoms with Crippen LogP contribution in [0.4, 0.5) is 4.39 Å². The fourth-order valence-electron chi connectivity index (χ4n) is 6.15. The van der Waals surface area contributed by atoms with Gasteiger partial charge in [-0.2, -0.15) is 0 Å². The fraction of sp³-hybridized carbons (Fsp3) is 0.467. The van der Waals surface area contributed by atoms with Crippen LogP contribution in [0.5, 0.6) is 5.75 Å². The van der Waals surface area contributed by atoms with Crippen LogP contribution in [0.3, 0.4) is 0 Å². The first-order valence-corrected chi connectivity index (χ1v) is 15.0. The summed E-state index contributed by atoms with van der Waals surface area (Å²) in [5.74, 6) is 0.0216. The molecule has 2 atom stereocenters. The first-order chi connectivity index (χ1) is 20.3. The third-order valence-corrected chi connectivity index (χ3v) is 9.68. The molecule has 3 aromatic heterocycles. The zero-order valence-corrected chi connectivity index (χ0v) is 24.6. The lowest BCUT2D eigenvalue weighted by molar-refractivity contribution is -0.129. The molecule has 0 N–H and O–H groups in total. The SMILES string of the molecule is COc1ccc(F)cc1[C@H](Cn1c(=O)n(C2CCN(C)C2=O)c(=O)c2c(C)c(-c3ncco3)sc21)OC1CCCCC1. The van der Waals surface area contributed by atoms with Gasteiger partial charge in [0.1, 0.15) is 34.8 Å². The highest BCUT2D eigenvalue weighted by Gasteiger charge is 2.36. The van der Waals surface area contributed by atoms with Crippen molar-refractivity contribution in [2.75, 3.05) is 20.7 Å². The van der Waals surface area contributed by atoms with Crippen molar-refractivity contribution in [2.45, 2.75) is 70.2 Å². The van der Waals surface area contributed by atoms with Crippen molar-refractivity contribution in [3.05, 3.63) is 68.4 Å². The second-order valence-corrected chi connectivity index (χ2v) is 12.0. The minimum atomic E-state index is -0.920. The molecule has 2 aliphatic rings. The van der Waals surface area contributed by atoms with E-state index in [1.807, 2.05) is 0 Å². The van der Waals surface area contributed by atoms with Crippen LogP contribution in [0.2, 0.25) is 0 Å². The van der Waals surface area contributed by atoms with Crippen LogP contribution in [-0.4, -0.2) is 51.7 Å². The molecule has 1 aliphatic carbocycles. The molecule has 1 saturated carbocycles. The van der Waals surface area contributed by atoms with Gasteiger partial charge in [-0.05, 0) is 49.9 Å². The molecule has 4 aromatic rings. The lowest BCUT2D eigenvalue weighted by atomic mass is 9.97. The van der Waals surface area contributed by atoms with Gasteiger partial charge < -0.3 is 18.8 Å². The Balaban J connectivity index is 1.57. The number of hydrogen-bond acceptors (Lipinski definition) is 8. The number of ether oxygens (including phenoxy) is 2. The molecule has 0 bridgehead atoms. The molecule has 0 radical (unpaired) electrons. The number of aryl methyl sites for hydroxylation is 1. The van der Waals surface area contributed by atoms with Crippen molar-refractivity contribution in [3.63, 3.8) is 0 Å². The number of oxazole rings is 1. The molecular weight excluding hydrogens is 563 g/mol. The topological polar surface area (TPSA) is 109 Å². The number of nitrogens with zero attached hydrogens (tertiary/aromatic N) is 4. The summed E-state index contributed by atoms with van der Waals surface area (Å²) < 4.78 is 35.0. The number of likely N-dealkylation sites (N-methyl/N-ethyl adjacent to an activating group) is 1. The summed E-state index contributed by atoms with van der Waals surface area (Å²) in [4.78, 5) is 48.2. The zero-order chi connectivity index (χ0) is 29.5. The van der Waals surface area contributed by atoms with E-state index in [1.165, 1.54) is 52.5 Å². The number of carbonyl (C=O) groups excluding carboxylic acids is 1. The predicted octanol–water partition coefficient (Wildman–Crippen LogP) is 4.83. The highest BCUT2D eigenvalue weighted by atomic mass is 32.1. The van der Waals surface area contributed by atoms with E-state index >= 15 is 0 Å². The first-order valence-electron chi connectivity index (χ1n) is 14.2. The van der Waals surface area contributed by atoms with Crippen molar-refractivity contribution in [1.82, 2.24) is 19.0 Å². The van der Waals surface area contributed by atoms with Crippen molar-refractivity contribution >= 4 is 27.5 Å². The Morgan fingerprint density at radius 1 is 1.17 bits per heavy atom. The van der Waals surface area contributed by atoms with Gasteiger partial charge in [-0.15, -0.1) is 11.3 Å². The largest absolute Gasteiger partial charge is 0.496 e. The maximum atomic E-state index is 14.6. The molecule has 0 spiro atoms. The van der Waals surface area contributed by atoms with Crippen LogP contribution >= 0.6 is 11.3 Å². The van der Waals surface area contributed by atoms with Crippen LogP contribution in [0.1, 0.15) is 61.8 Å². The van der Waals surface area contributed by atoms with E-state index in [0.29, 0.717) is 50.8 Å². The quantitative estimate of drug-likeness (QED) is 0.287. The number of aromatic nitrogens is 3. The summed E-state index contributed by atoms with van der Waals surface area (Å²) in [7, 11) is 3.16. The molecule has 222 valence electrons. The van der Waals surface area contributed by atoms with E-state index in [0.717, 1.165) is 36.7 Å². The standard InChI is InChI=1S/C30H33FN4O6S/c1-17-24-28(37)35(21-11-13-33(2)27(21)36)30(38)34(29(24)42-25(17)26-32-12-14-40-26)16-23(41-19-7-5-4-6-8-19)20-15-18(31)9-10-22(20)39-3/h9-10,12,14-15,19,21,23H,4-8,11,13,16H2,1-3H3/t21?,23-/m0/s1. The summed E-state index contributed by atoms with van der Waals surface area (Å²) >= 11 is 1.22. The maximum absolute atomic E-state index is 14.6. The highest BCUT2D eigenvalue weighted by molar-refractivity contribution is 7.22.